The highest BCUT2D eigenvalue weighted by atomic mass is 16.6. The molecule has 0 amide bonds. The van der Waals surface area contributed by atoms with E-state index >= 15 is 0 Å². The molecule has 28 heavy (non-hydrogen) atoms. The van der Waals surface area contributed by atoms with Gasteiger partial charge in [0.15, 0.2) is 0 Å². The first-order chi connectivity index (χ1) is 13.6. The average molecular weight is 392 g/mol. The molecule has 1 aromatic rings. The number of likely N-dealkylation sites (tertiary alicyclic amines) is 1. The second-order valence-electron chi connectivity index (χ2n) is 7.87. The Balaban J connectivity index is 1.50. The number of nitrogens with zero attached hydrogens (tertiary/aromatic N) is 1. The fourth-order valence-electron chi connectivity index (χ4n) is 4.41. The van der Waals surface area contributed by atoms with Gasteiger partial charge < -0.3 is 19.3 Å². The molecule has 1 aliphatic carbocycles. The van der Waals surface area contributed by atoms with Gasteiger partial charge >= 0.3 is 5.97 Å². The van der Waals surface area contributed by atoms with E-state index in [0.29, 0.717) is 12.6 Å². The van der Waals surface area contributed by atoms with E-state index in [1.807, 2.05) is 6.92 Å². The van der Waals surface area contributed by atoms with Gasteiger partial charge in [-0.05, 0) is 49.8 Å². The number of carbonyl (C=O) groups is 1. The Hall–Kier alpha value is -1.63. The Labute approximate surface area is 167 Å². The van der Waals surface area contributed by atoms with Crippen LogP contribution >= 0.6 is 0 Å². The largest absolute Gasteiger partial charge is 0.496 e. The van der Waals surface area contributed by atoms with Crippen LogP contribution in [0.15, 0.2) is 18.2 Å². The number of aliphatic hydroxyl groups is 1. The second-order valence-corrected chi connectivity index (χ2v) is 7.87. The lowest BCUT2D eigenvalue weighted by Gasteiger charge is -2.37. The summed E-state index contributed by atoms with van der Waals surface area (Å²) in [4.78, 5) is 13.7. The Morgan fingerprint density at radius 1 is 1.25 bits per heavy atom. The minimum absolute atomic E-state index is 0.109. The van der Waals surface area contributed by atoms with Crippen molar-refractivity contribution in [2.75, 3.05) is 33.4 Å². The minimum atomic E-state index is -0.546. The molecule has 0 spiro atoms. The van der Waals surface area contributed by atoms with Crippen molar-refractivity contribution < 1.29 is 24.1 Å². The zero-order valence-electron chi connectivity index (χ0n) is 17.1. The molecule has 0 aromatic heterocycles. The number of rotatable bonds is 8. The molecule has 3 rings (SSSR count). The van der Waals surface area contributed by atoms with Crippen molar-refractivity contribution >= 4 is 5.97 Å². The SMILES string of the molecule is COc1cc(CCO[C@@H]2CCCC[C@H]2N2CC[C@@H](OC(=O)CO)C2)ccc1C. The van der Waals surface area contributed by atoms with Crippen LogP contribution in [0.5, 0.6) is 5.75 Å². The molecule has 3 atom stereocenters. The van der Waals surface area contributed by atoms with E-state index in [1.165, 1.54) is 18.4 Å². The van der Waals surface area contributed by atoms with E-state index in [0.717, 1.165) is 50.1 Å². The smallest absolute Gasteiger partial charge is 0.332 e. The van der Waals surface area contributed by atoms with Gasteiger partial charge in [-0.1, -0.05) is 25.0 Å². The quantitative estimate of drug-likeness (QED) is 0.687. The molecule has 0 unspecified atom stereocenters. The van der Waals surface area contributed by atoms with E-state index in [1.54, 1.807) is 7.11 Å². The van der Waals surface area contributed by atoms with Crippen LogP contribution in [0.25, 0.3) is 0 Å². The van der Waals surface area contributed by atoms with Crippen LogP contribution in [0.3, 0.4) is 0 Å². The molecule has 6 nitrogen and oxygen atoms in total. The van der Waals surface area contributed by atoms with Crippen LogP contribution in [-0.4, -0.2) is 67.6 Å². The van der Waals surface area contributed by atoms with Crippen molar-refractivity contribution in [1.29, 1.82) is 0 Å². The van der Waals surface area contributed by atoms with Gasteiger partial charge in [-0.15, -0.1) is 0 Å². The summed E-state index contributed by atoms with van der Waals surface area (Å²) in [6.07, 6.45) is 6.46. The number of benzene rings is 1. The predicted molar refractivity (Wildman–Crippen MR) is 107 cm³/mol. The monoisotopic (exact) mass is 391 g/mol. The summed E-state index contributed by atoms with van der Waals surface area (Å²) in [5.74, 6) is 0.394. The first-order valence-corrected chi connectivity index (χ1v) is 10.4. The normalized spacial score (nSPS) is 25.6. The summed E-state index contributed by atoms with van der Waals surface area (Å²) in [6.45, 7) is 3.86. The van der Waals surface area contributed by atoms with E-state index in [4.69, 9.17) is 19.3 Å². The molecule has 1 saturated heterocycles. The summed E-state index contributed by atoms with van der Waals surface area (Å²) in [5.41, 5.74) is 2.37. The van der Waals surface area contributed by atoms with Crippen LogP contribution in [-0.2, 0) is 20.7 Å². The molecule has 1 heterocycles. The molecule has 2 fully saturated rings. The van der Waals surface area contributed by atoms with Crippen molar-refractivity contribution in [3.05, 3.63) is 29.3 Å². The number of hydrogen-bond donors (Lipinski definition) is 1. The first-order valence-electron chi connectivity index (χ1n) is 10.4. The van der Waals surface area contributed by atoms with Crippen molar-refractivity contribution in [1.82, 2.24) is 4.90 Å². The third kappa shape index (κ3) is 5.46. The Morgan fingerprint density at radius 3 is 2.86 bits per heavy atom. The molecule has 0 radical (unpaired) electrons. The van der Waals surface area contributed by atoms with E-state index < -0.39 is 12.6 Å². The van der Waals surface area contributed by atoms with Gasteiger partial charge in [-0.25, -0.2) is 4.79 Å². The molecule has 1 aliphatic heterocycles. The summed E-state index contributed by atoms with van der Waals surface area (Å²) < 4.78 is 17.0. The van der Waals surface area contributed by atoms with Crippen LogP contribution in [0, 0.1) is 6.92 Å². The van der Waals surface area contributed by atoms with Crippen LogP contribution in [0.2, 0.25) is 0 Å². The zero-order chi connectivity index (χ0) is 19.9. The predicted octanol–water partition coefficient (Wildman–Crippen LogP) is 2.48. The number of esters is 1. The summed E-state index contributed by atoms with van der Waals surface area (Å²) in [7, 11) is 1.70. The standard InChI is InChI=1S/C22H33NO5/c1-16-7-8-17(13-21(16)26-2)10-12-27-20-6-4-3-5-19(20)23-11-9-18(14-23)28-22(25)15-24/h7-8,13,18-20,24H,3-6,9-12,14-15H2,1-2H3/t18-,19-,20-/m1/s1. The molecule has 0 bridgehead atoms. The van der Waals surface area contributed by atoms with Gasteiger partial charge in [0.2, 0.25) is 0 Å². The number of aryl methyl sites for hydroxylation is 1. The van der Waals surface area contributed by atoms with E-state index in [9.17, 15) is 4.79 Å². The van der Waals surface area contributed by atoms with Crippen LogP contribution in [0.4, 0.5) is 0 Å². The molecule has 2 aliphatic rings. The highest BCUT2D eigenvalue weighted by molar-refractivity contribution is 5.70. The topological polar surface area (TPSA) is 68.2 Å². The number of aliphatic hydroxyl groups excluding tert-OH is 1. The van der Waals surface area contributed by atoms with Crippen molar-refractivity contribution in [3.63, 3.8) is 0 Å². The highest BCUT2D eigenvalue weighted by Gasteiger charge is 2.36. The number of methoxy groups -OCH3 is 1. The molecule has 1 aromatic carbocycles. The molecule has 1 saturated carbocycles. The minimum Gasteiger partial charge on any atom is -0.496 e. The van der Waals surface area contributed by atoms with Gasteiger partial charge in [0.25, 0.3) is 0 Å². The summed E-state index contributed by atoms with van der Waals surface area (Å²) >= 11 is 0. The first kappa shape index (κ1) is 21.1. The summed E-state index contributed by atoms with van der Waals surface area (Å²) in [6, 6.07) is 6.71. The third-order valence-corrected chi connectivity index (χ3v) is 5.94. The fraction of sp³-hybridized carbons (Fsp3) is 0.682. The Morgan fingerprint density at radius 2 is 2.07 bits per heavy atom. The number of carbonyl (C=O) groups excluding carboxylic acids is 1. The lowest BCUT2D eigenvalue weighted by Crippen LogP contribution is -2.46. The maximum absolute atomic E-state index is 11.3. The maximum Gasteiger partial charge on any atom is 0.332 e. The lowest BCUT2D eigenvalue weighted by molar-refractivity contribution is -0.151. The van der Waals surface area contributed by atoms with Crippen LogP contribution < -0.4 is 4.74 Å². The van der Waals surface area contributed by atoms with Crippen molar-refractivity contribution in [3.8, 4) is 5.75 Å². The lowest BCUT2D eigenvalue weighted by atomic mass is 9.91. The average Bonchev–Trinajstić information content (AvgIpc) is 3.17. The van der Waals surface area contributed by atoms with E-state index in [2.05, 4.69) is 23.1 Å². The van der Waals surface area contributed by atoms with E-state index in [-0.39, 0.29) is 12.2 Å². The van der Waals surface area contributed by atoms with Gasteiger partial charge in [0.05, 0.1) is 19.8 Å². The number of hydrogen-bond acceptors (Lipinski definition) is 6. The third-order valence-electron chi connectivity index (χ3n) is 5.94. The molecular weight excluding hydrogens is 358 g/mol. The highest BCUT2D eigenvalue weighted by Crippen LogP contribution is 2.29. The summed E-state index contributed by atoms with van der Waals surface area (Å²) in [5, 5.41) is 8.87. The van der Waals surface area contributed by atoms with Crippen molar-refractivity contribution in [2.45, 2.75) is 63.7 Å². The molecular formula is C22H33NO5. The molecule has 156 valence electrons. The fourth-order valence-corrected chi connectivity index (χ4v) is 4.41. The Kier molecular flexibility index (Phi) is 7.71. The second kappa shape index (κ2) is 10.2. The zero-order valence-corrected chi connectivity index (χ0v) is 17.1. The van der Waals surface area contributed by atoms with Gasteiger partial charge in [-0.3, -0.25) is 4.90 Å². The van der Waals surface area contributed by atoms with Gasteiger partial charge in [0.1, 0.15) is 18.5 Å². The Bertz CT molecular complexity index is 650. The van der Waals surface area contributed by atoms with Gasteiger partial charge in [0, 0.05) is 19.1 Å². The maximum atomic E-state index is 11.3. The van der Waals surface area contributed by atoms with Gasteiger partial charge in [-0.2, -0.15) is 0 Å². The van der Waals surface area contributed by atoms with Crippen molar-refractivity contribution in [2.24, 2.45) is 0 Å². The molecule has 1 N–H and O–H groups in total. The number of ether oxygens (including phenoxy) is 3. The van der Waals surface area contributed by atoms with Crippen LogP contribution in [0.1, 0.15) is 43.2 Å². The molecule has 6 heteroatoms.